The van der Waals surface area contributed by atoms with Crippen molar-refractivity contribution >= 4 is 22.4 Å². The zero-order chi connectivity index (χ0) is 11.5. The number of aromatic nitrogens is 2. The molecular weight excluding hydrogens is 226 g/mol. The predicted molar refractivity (Wildman–Crippen MR) is 61.8 cm³/mol. The number of carbonyl (C=O) groups excluding carboxylic acids is 1. The van der Waals surface area contributed by atoms with Crippen molar-refractivity contribution in [2.24, 2.45) is 0 Å². The molecule has 1 atom stereocenters. The Hall–Kier alpha value is -1.21. The molecule has 0 saturated carbocycles. The van der Waals surface area contributed by atoms with E-state index in [4.69, 9.17) is 5.73 Å². The lowest BCUT2D eigenvalue weighted by Crippen LogP contribution is -2.35. The molecule has 0 radical (unpaired) electrons. The van der Waals surface area contributed by atoms with Gasteiger partial charge < -0.3 is 11.1 Å². The maximum Gasteiger partial charge on any atom is 0.217 e. The van der Waals surface area contributed by atoms with Crippen molar-refractivity contribution in [2.45, 2.75) is 25.9 Å². The van der Waals surface area contributed by atoms with E-state index in [9.17, 15) is 4.79 Å². The van der Waals surface area contributed by atoms with Crippen molar-refractivity contribution < 1.29 is 4.79 Å². The standard InChI is InChI=1S/C9H15N5OS/c1-6(15)11-7-2-3-14(4-7)5-8-9(10)16-13-12-8/h7H,2-5,10H2,1H3,(H,11,15). The number of rotatable bonds is 3. The zero-order valence-electron chi connectivity index (χ0n) is 9.14. The third-order valence-electron chi connectivity index (χ3n) is 2.64. The second-order valence-electron chi connectivity index (χ2n) is 4.01. The second-order valence-corrected chi connectivity index (χ2v) is 4.79. The van der Waals surface area contributed by atoms with Crippen LogP contribution < -0.4 is 11.1 Å². The van der Waals surface area contributed by atoms with Gasteiger partial charge in [-0.25, -0.2) is 0 Å². The minimum Gasteiger partial charge on any atom is -0.388 e. The summed E-state index contributed by atoms with van der Waals surface area (Å²) < 4.78 is 3.80. The van der Waals surface area contributed by atoms with Crippen molar-refractivity contribution in [2.75, 3.05) is 18.8 Å². The van der Waals surface area contributed by atoms with Crippen molar-refractivity contribution in [3.05, 3.63) is 5.69 Å². The number of amides is 1. The van der Waals surface area contributed by atoms with Crippen LogP contribution >= 0.6 is 11.5 Å². The van der Waals surface area contributed by atoms with Crippen LogP contribution in [0.2, 0.25) is 0 Å². The van der Waals surface area contributed by atoms with Crippen molar-refractivity contribution in [1.29, 1.82) is 0 Å². The maximum atomic E-state index is 10.9. The van der Waals surface area contributed by atoms with Gasteiger partial charge in [0.1, 0.15) is 10.7 Å². The molecule has 0 bridgehead atoms. The number of nitrogens with one attached hydrogen (secondary N) is 1. The van der Waals surface area contributed by atoms with Crippen molar-refractivity contribution in [1.82, 2.24) is 19.8 Å². The van der Waals surface area contributed by atoms with Crippen LogP contribution in [0.15, 0.2) is 0 Å². The summed E-state index contributed by atoms with van der Waals surface area (Å²) in [7, 11) is 0. The Balaban J connectivity index is 1.85. The Kier molecular flexibility index (Phi) is 3.35. The number of likely N-dealkylation sites (tertiary alicyclic amines) is 1. The van der Waals surface area contributed by atoms with Gasteiger partial charge in [0.25, 0.3) is 0 Å². The maximum absolute atomic E-state index is 10.9. The summed E-state index contributed by atoms with van der Waals surface area (Å²) in [4.78, 5) is 13.1. The Morgan fingerprint density at radius 3 is 3.19 bits per heavy atom. The summed E-state index contributed by atoms with van der Waals surface area (Å²) in [5.41, 5.74) is 6.57. The molecule has 6 nitrogen and oxygen atoms in total. The number of hydrogen-bond donors (Lipinski definition) is 2. The normalized spacial score (nSPS) is 21.2. The number of nitrogens with zero attached hydrogens (tertiary/aromatic N) is 3. The van der Waals surface area contributed by atoms with Gasteiger partial charge in [0.05, 0.1) is 0 Å². The first-order valence-corrected chi connectivity index (χ1v) is 5.98. The van der Waals surface area contributed by atoms with Gasteiger partial charge in [-0.15, -0.1) is 5.10 Å². The van der Waals surface area contributed by atoms with Gasteiger partial charge in [0.2, 0.25) is 5.91 Å². The summed E-state index contributed by atoms with van der Waals surface area (Å²) >= 11 is 1.22. The molecule has 3 N–H and O–H groups in total. The van der Waals surface area contributed by atoms with Crippen LogP contribution in [0.3, 0.4) is 0 Å². The van der Waals surface area contributed by atoms with Gasteiger partial charge in [-0.3, -0.25) is 9.69 Å². The van der Waals surface area contributed by atoms with E-state index in [1.165, 1.54) is 11.5 Å². The SMILES string of the molecule is CC(=O)NC1CCN(Cc2nnsc2N)C1. The van der Waals surface area contributed by atoms with Crippen LogP contribution in [0, 0.1) is 0 Å². The molecule has 1 aromatic rings. The monoisotopic (exact) mass is 241 g/mol. The largest absolute Gasteiger partial charge is 0.388 e. The van der Waals surface area contributed by atoms with Gasteiger partial charge in [0, 0.05) is 44.1 Å². The lowest BCUT2D eigenvalue weighted by molar-refractivity contribution is -0.119. The summed E-state index contributed by atoms with van der Waals surface area (Å²) in [5, 5.41) is 7.58. The van der Waals surface area contributed by atoms with E-state index in [2.05, 4.69) is 19.8 Å². The van der Waals surface area contributed by atoms with Gasteiger partial charge in [-0.1, -0.05) is 4.49 Å². The number of carbonyl (C=O) groups is 1. The van der Waals surface area contributed by atoms with Crippen LogP contribution in [0.25, 0.3) is 0 Å². The Labute approximate surface area is 98.0 Å². The molecule has 2 heterocycles. The molecule has 1 aliphatic heterocycles. The fourth-order valence-electron chi connectivity index (χ4n) is 1.92. The highest BCUT2D eigenvalue weighted by Crippen LogP contribution is 2.18. The summed E-state index contributed by atoms with van der Waals surface area (Å²) in [6, 6.07) is 0.255. The fourth-order valence-corrected chi connectivity index (χ4v) is 2.36. The van der Waals surface area contributed by atoms with Crippen LogP contribution in [-0.2, 0) is 11.3 Å². The van der Waals surface area contributed by atoms with E-state index in [0.29, 0.717) is 5.00 Å². The van der Waals surface area contributed by atoms with Crippen LogP contribution in [-0.4, -0.2) is 39.5 Å². The van der Waals surface area contributed by atoms with Gasteiger partial charge in [-0.05, 0) is 6.42 Å². The average Bonchev–Trinajstić information content (AvgIpc) is 2.77. The van der Waals surface area contributed by atoms with Crippen molar-refractivity contribution in [3.63, 3.8) is 0 Å². The highest BCUT2D eigenvalue weighted by molar-refractivity contribution is 7.09. The van der Waals surface area contributed by atoms with Crippen LogP contribution in [0.5, 0.6) is 0 Å². The molecule has 1 fully saturated rings. The van der Waals surface area contributed by atoms with E-state index < -0.39 is 0 Å². The Morgan fingerprint density at radius 1 is 1.75 bits per heavy atom. The molecule has 0 aromatic carbocycles. The van der Waals surface area contributed by atoms with E-state index >= 15 is 0 Å². The molecule has 0 aliphatic carbocycles. The average molecular weight is 241 g/mol. The zero-order valence-corrected chi connectivity index (χ0v) is 9.96. The number of nitrogen functional groups attached to an aromatic ring is 1. The molecule has 1 unspecified atom stereocenters. The predicted octanol–water partition coefficient (Wildman–Crippen LogP) is -0.169. The minimum atomic E-state index is 0.0293. The first-order valence-electron chi connectivity index (χ1n) is 5.21. The molecule has 88 valence electrons. The summed E-state index contributed by atoms with van der Waals surface area (Å²) in [6.07, 6.45) is 0.983. The Morgan fingerprint density at radius 2 is 2.56 bits per heavy atom. The lowest BCUT2D eigenvalue weighted by atomic mass is 10.2. The second kappa shape index (κ2) is 4.75. The smallest absolute Gasteiger partial charge is 0.217 e. The highest BCUT2D eigenvalue weighted by atomic mass is 32.1. The van der Waals surface area contributed by atoms with E-state index in [1.54, 1.807) is 6.92 Å². The lowest BCUT2D eigenvalue weighted by Gasteiger charge is -2.14. The van der Waals surface area contributed by atoms with E-state index in [-0.39, 0.29) is 11.9 Å². The van der Waals surface area contributed by atoms with E-state index in [1.807, 2.05) is 0 Å². The molecule has 1 aromatic heterocycles. The molecule has 0 spiro atoms. The molecule has 7 heteroatoms. The summed E-state index contributed by atoms with van der Waals surface area (Å²) in [6.45, 7) is 4.09. The van der Waals surface area contributed by atoms with Gasteiger partial charge >= 0.3 is 0 Å². The topological polar surface area (TPSA) is 84.1 Å². The Bertz CT molecular complexity index is 380. The summed E-state index contributed by atoms with van der Waals surface area (Å²) in [5.74, 6) is 0.0293. The molecule has 2 rings (SSSR count). The number of hydrogen-bond acceptors (Lipinski definition) is 6. The van der Waals surface area contributed by atoms with Crippen molar-refractivity contribution in [3.8, 4) is 0 Å². The van der Waals surface area contributed by atoms with E-state index in [0.717, 1.165) is 31.7 Å². The number of nitrogens with two attached hydrogens (primary N) is 1. The quantitative estimate of drug-likeness (QED) is 0.767. The molecule has 1 aliphatic rings. The first-order chi connectivity index (χ1) is 7.65. The molecule has 1 amide bonds. The molecular formula is C9H15N5OS. The van der Waals surface area contributed by atoms with Gasteiger partial charge in [-0.2, -0.15) is 0 Å². The molecule has 16 heavy (non-hydrogen) atoms. The van der Waals surface area contributed by atoms with Crippen LogP contribution in [0.4, 0.5) is 5.00 Å². The first kappa shape index (κ1) is 11.3. The fraction of sp³-hybridized carbons (Fsp3) is 0.667. The number of anilines is 1. The minimum absolute atomic E-state index is 0.0293. The van der Waals surface area contributed by atoms with Crippen LogP contribution in [0.1, 0.15) is 19.0 Å². The highest BCUT2D eigenvalue weighted by Gasteiger charge is 2.24. The molecule has 1 saturated heterocycles. The third-order valence-corrected chi connectivity index (χ3v) is 3.23. The third kappa shape index (κ3) is 2.67. The van der Waals surface area contributed by atoms with Gasteiger partial charge in [0.15, 0.2) is 0 Å².